The van der Waals surface area contributed by atoms with Gasteiger partial charge in [0.15, 0.2) is 0 Å². The zero-order chi connectivity index (χ0) is 11.4. The highest BCUT2D eigenvalue weighted by Gasteiger charge is 1.99. The van der Waals surface area contributed by atoms with E-state index in [1.54, 1.807) is 13.3 Å². The fourth-order valence-corrected chi connectivity index (χ4v) is 1.36. The van der Waals surface area contributed by atoms with Crippen LogP contribution in [0.3, 0.4) is 0 Å². The standard InChI is InChI=1S/C12H14N2O2/c1-9-7-13-12(14-9)8-16-11-5-3-10(15-2)4-6-11/h3-7H,8H2,1-2H3,(H,13,14). The summed E-state index contributed by atoms with van der Waals surface area (Å²) in [4.78, 5) is 7.27. The quantitative estimate of drug-likeness (QED) is 0.856. The Morgan fingerprint density at radius 3 is 2.44 bits per heavy atom. The van der Waals surface area contributed by atoms with Crippen molar-refractivity contribution in [3.05, 3.63) is 42.0 Å². The van der Waals surface area contributed by atoms with Crippen molar-refractivity contribution in [1.82, 2.24) is 9.97 Å². The van der Waals surface area contributed by atoms with Crippen molar-refractivity contribution in [3.8, 4) is 11.5 Å². The van der Waals surface area contributed by atoms with Gasteiger partial charge in [0.25, 0.3) is 0 Å². The van der Waals surface area contributed by atoms with Gasteiger partial charge >= 0.3 is 0 Å². The first-order chi connectivity index (χ1) is 7.78. The molecule has 0 radical (unpaired) electrons. The average Bonchev–Trinajstić information content (AvgIpc) is 2.73. The lowest BCUT2D eigenvalue weighted by atomic mass is 10.3. The molecule has 4 heteroatoms. The van der Waals surface area contributed by atoms with E-state index in [2.05, 4.69) is 9.97 Å². The number of imidazole rings is 1. The number of rotatable bonds is 4. The summed E-state index contributed by atoms with van der Waals surface area (Å²) >= 11 is 0. The molecule has 84 valence electrons. The molecular weight excluding hydrogens is 204 g/mol. The molecule has 2 rings (SSSR count). The second kappa shape index (κ2) is 4.70. The third kappa shape index (κ3) is 2.53. The van der Waals surface area contributed by atoms with Crippen molar-refractivity contribution < 1.29 is 9.47 Å². The Kier molecular flexibility index (Phi) is 3.10. The van der Waals surface area contributed by atoms with Crippen LogP contribution in [0.5, 0.6) is 11.5 Å². The Hall–Kier alpha value is -1.97. The molecule has 4 nitrogen and oxygen atoms in total. The van der Waals surface area contributed by atoms with E-state index in [0.717, 1.165) is 23.0 Å². The first kappa shape index (κ1) is 10.5. The van der Waals surface area contributed by atoms with E-state index in [4.69, 9.17) is 9.47 Å². The van der Waals surface area contributed by atoms with Crippen molar-refractivity contribution in [2.45, 2.75) is 13.5 Å². The van der Waals surface area contributed by atoms with Crippen LogP contribution < -0.4 is 9.47 Å². The van der Waals surface area contributed by atoms with Gasteiger partial charge in [-0.25, -0.2) is 4.98 Å². The molecule has 0 aliphatic rings. The summed E-state index contributed by atoms with van der Waals surface area (Å²) in [6, 6.07) is 7.47. The number of aromatic nitrogens is 2. The van der Waals surface area contributed by atoms with Crippen LogP contribution in [0.15, 0.2) is 30.5 Å². The van der Waals surface area contributed by atoms with Gasteiger partial charge in [-0.1, -0.05) is 0 Å². The number of hydrogen-bond acceptors (Lipinski definition) is 3. The molecule has 0 saturated carbocycles. The third-order valence-corrected chi connectivity index (χ3v) is 2.19. The number of methoxy groups -OCH3 is 1. The second-order valence-electron chi connectivity index (χ2n) is 3.48. The Bertz CT molecular complexity index is 448. The molecule has 0 saturated heterocycles. The number of nitrogens with one attached hydrogen (secondary N) is 1. The molecule has 0 atom stereocenters. The van der Waals surface area contributed by atoms with E-state index < -0.39 is 0 Å². The second-order valence-corrected chi connectivity index (χ2v) is 3.48. The predicted molar refractivity (Wildman–Crippen MR) is 60.7 cm³/mol. The molecule has 0 spiro atoms. The zero-order valence-corrected chi connectivity index (χ0v) is 9.36. The Morgan fingerprint density at radius 2 is 1.88 bits per heavy atom. The molecule has 0 unspecified atom stereocenters. The van der Waals surface area contributed by atoms with Gasteiger partial charge in [0.2, 0.25) is 0 Å². The number of aryl methyl sites for hydroxylation is 1. The lowest BCUT2D eigenvalue weighted by molar-refractivity contribution is 0.296. The van der Waals surface area contributed by atoms with Crippen LogP contribution in [0.1, 0.15) is 11.5 Å². The smallest absolute Gasteiger partial charge is 0.146 e. The van der Waals surface area contributed by atoms with Gasteiger partial charge in [0.1, 0.15) is 23.9 Å². The Balaban J connectivity index is 1.94. The summed E-state index contributed by atoms with van der Waals surface area (Å²) in [6.45, 7) is 2.41. The van der Waals surface area contributed by atoms with E-state index in [0.29, 0.717) is 6.61 Å². The highest BCUT2D eigenvalue weighted by atomic mass is 16.5. The van der Waals surface area contributed by atoms with E-state index in [9.17, 15) is 0 Å². The topological polar surface area (TPSA) is 47.1 Å². The van der Waals surface area contributed by atoms with Crippen LogP contribution in [0.4, 0.5) is 0 Å². The first-order valence-corrected chi connectivity index (χ1v) is 5.05. The molecular formula is C12H14N2O2. The van der Waals surface area contributed by atoms with Crippen molar-refractivity contribution in [3.63, 3.8) is 0 Å². The lowest BCUT2D eigenvalue weighted by Gasteiger charge is -2.05. The van der Waals surface area contributed by atoms with Gasteiger partial charge in [-0.3, -0.25) is 0 Å². The Labute approximate surface area is 94.2 Å². The van der Waals surface area contributed by atoms with Crippen LogP contribution in [0, 0.1) is 6.92 Å². The van der Waals surface area contributed by atoms with Gasteiger partial charge in [-0.15, -0.1) is 0 Å². The summed E-state index contributed by atoms with van der Waals surface area (Å²) in [5.74, 6) is 2.45. The number of nitrogens with zero attached hydrogens (tertiary/aromatic N) is 1. The highest BCUT2D eigenvalue weighted by molar-refractivity contribution is 5.31. The molecule has 0 aliphatic heterocycles. The van der Waals surface area contributed by atoms with Crippen LogP contribution in [-0.4, -0.2) is 17.1 Å². The normalized spacial score (nSPS) is 10.1. The van der Waals surface area contributed by atoms with Crippen LogP contribution in [0.25, 0.3) is 0 Å². The minimum Gasteiger partial charge on any atom is -0.497 e. The molecule has 16 heavy (non-hydrogen) atoms. The fraction of sp³-hybridized carbons (Fsp3) is 0.250. The van der Waals surface area contributed by atoms with Crippen LogP contribution >= 0.6 is 0 Å². The fourth-order valence-electron chi connectivity index (χ4n) is 1.36. The number of ether oxygens (including phenoxy) is 2. The summed E-state index contributed by atoms with van der Waals surface area (Å²) < 4.78 is 10.6. The predicted octanol–water partition coefficient (Wildman–Crippen LogP) is 2.31. The number of aromatic amines is 1. The first-order valence-electron chi connectivity index (χ1n) is 5.05. The molecule has 2 aromatic rings. The molecule has 0 aliphatic carbocycles. The summed E-state index contributed by atoms with van der Waals surface area (Å²) in [5.41, 5.74) is 1.04. The van der Waals surface area contributed by atoms with Gasteiger partial charge in [-0.05, 0) is 31.2 Å². The third-order valence-electron chi connectivity index (χ3n) is 2.19. The average molecular weight is 218 g/mol. The molecule has 1 aromatic heterocycles. The van der Waals surface area contributed by atoms with Crippen molar-refractivity contribution >= 4 is 0 Å². The molecule has 1 aromatic carbocycles. The minimum absolute atomic E-state index is 0.445. The van der Waals surface area contributed by atoms with Crippen molar-refractivity contribution in [1.29, 1.82) is 0 Å². The van der Waals surface area contributed by atoms with E-state index in [1.807, 2.05) is 31.2 Å². The summed E-state index contributed by atoms with van der Waals surface area (Å²) in [5, 5.41) is 0. The summed E-state index contributed by atoms with van der Waals surface area (Å²) in [6.07, 6.45) is 1.78. The van der Waals surface area contributed by atoms with E-state index in [-0.39, 0.29) is 0 Å². The Morgan fingerprint density at radius 1 is 1.19 bits per heavy atom. The van der Waals surface area contributed by atoms with Crippen molar-refractivity contribution in [2.24, 2.45) is 0 Å². The minimum atomic E-state index is 0.445. The van der Waals surface area contributed by atoms with Crippen LogP contribution in [-0.2, 0) is 6.61 Å². The van der Waals surface area contributed by atoms with E-state index >= 15 is 0 Å². The molecule has 0 fully saturated rings. The molecule has 0 amide bonds. The maximum absolute atomic E-state index is 5.56. The molecule has 1 N–H and O–H groups in total. The largest absolute Gasteiger partial charge is 0.497 e. The highest BCUT2D eigenvalue weighted by Crippen LogP contribution is 2.17. The van der Waals surface area contributed by atoms with Crippen molar-refractivity contribution in [2.75, 3.05) is 7.11 Å². The monoisotopic (exact) mass is 218 g/mol. The number of H-pyrrole nitrogens is 1. The zero-order valence-electron chi connectivity index (χ0n) is 9.36. The number of hydrogen-bond donors (Lipinski definition) is 1. The van der Waals surface area contributed by atoms with Gasteiger partial charge in [-0.2, -0.15) is 0 Å². The summed E-state index contributed by atoms with van der Waals surface area (Å²) in [7, 11) is 1.64. The molecule has 1 heterocycles. The number of benzene rings is 1. The van der Waals surface area contributed by atoms with Gasteiger partial charge in [0.05, 0.1) is 7.11 Å². The lowest BCUT2D eigenvalue weighted by Crippen LogP contribution is -1.97. The maximum atomic E-state index is 5.56. The maximum Gasteiger partial charge on any atom is 0.146 e. The van der Waals surface area contributed by atoms with E-state index in [1.165, 1.54) is 0 Å². The SMILES string of the molecule is COc1ccc(OCc2ncc(C)[nH]2)cc1. The van der Waals surface area contributed by atoms with Gasteiger partial charge in [0, 0.05) is 11.9 Å². The van der Waals surface area contributed by atoms with Crippen LogP contribution in [0.2, 0.25) is 0 Å². The van der Waals surface area contributed by atoms with Gasteiger partial charge < -0.3 is 14.5 Å². The molecule has 0 bridgehead atoms.